The summed E-state index contributed by atoms with van der Waals surface area (Å²) in [6, 6.07) is 11.2. The Morgan fingerprint density at radius 1 is 1.11 bits per heavy atom. The van der Waals surface area contributed by atoms with Crippen molar-refractivity contribution in [2.45, 2.75) is 29.2 Å². The maximum absolute atomic E-state index is 12.7. The van der Waals surface area contributed by atoms with E-state index in [2.05, 4.69) is 15.5 Å². The number of aromatic nitrogens is 2. The molecule has 0 atom stereocenters. The highest BCUT2D eigenvalue weighted by atomic mass is 35.5. The van der Waals surface area contributed by atoms with Crippen molar-refractivity contribution in [3.63, 3.8) is 0 Å². The molecule has 0 radical (unpaired) electrons. The molecule has 2 fully saturated rings. The van der Waals surface area contributed by atoms with Gasteiger partial charge in [-0.3, -0.25) is 4.79 Å². The summed E-state index contributed by atoms with van der Waals surface area (Å²) in [7, 11) is 0. The van der Waals surface area contributed by atoms with E-state index in [-0.39, 0.29) is 18.3 Å². The standard InChI is InChI=1S/C19H21ClN4OS.ClH/c20-14-3-1-2-4-16(14)26-17-6-5-15(22-23-17)18(25)24-11-8-19(9-12-24)7-10-21-13-19;/h1-6,21H,7-13H2;1H. The van der Waals surface area contributed by atoms with Crippen LogP contribution < -0.4 is 5.32 Å². The molecule has 0 aliphatic carbocycles. The van der Waals surface area contributed by atoms with Crippen LogP contribution in [0.25, 0.3) is 0 Å². The Morgan fingerprint density at radius 3 is 2.52 bits per heavy atom. The van der Waals surface area contributed by atoms with E-state index in [0.717, 1.165) is 48.9 Å². The molecule has 0 saturated carbocycles. The van der Waals surface area contributed by atoms with Crippen LogP contribution in [0.1, 0.15) is 29.8 Å². The van der Waals surface area contributed by atoms with Crippen LogP contribution in [-0.2, 0) is 0 Å². The van der Waals surface area contributed by atoms with Gasteiger partial charge in [0.15, 0.2) is 5.69 Å². The molecular weight excluding hydrogens is 403 g/mol. The number of rotatable bonds is 3. The van der Waals surface area contributed by atoms with E-state index in [9.17, 15) is 4.79 Å². The minimum atomic E-state index is -0.0207. The first-order valence-electron chi connectivity index (χ1n) is 8.91. The molecule has 0 unspecified atom stereocenters. The van der Waals surface area contributed by atoms with E-state index in [1.807, 2.05) is 35.2 Å². The third-order valence-electron chi connectivity index (χ3n) is 5.35. The maximum atomic E-state index is 12.7. The zero-order valence-electron chi connectivity index (χ0n) is 14.9. The van der Waals surface area contributed by atoms with Gasteiger partial charge in [-0.15, -0.1) is 22.6 Å². The second kappa shape index (κ2) is 8.78. The second-order valence-electron chi connectivity index (χ2n) is 7.01. The van der Waals surface area contributed by atoms with Crippen molar-refractivity contribution in [3.8, 4) is 0 Å². The van der Waals surface area contributed by atoms with Crippen LogP contribution in [0.15, 0.2) is 46.3 Å². The lowest BCUT2D eigenvalue weighted by Crippen LogP contribution is -2.44. The minimum Gasteiger partial charge on any atom is -0.337 e. The molecule has 2 aliphatic heterocycles. The first-order chi connectivity index (χ1) is 12.7. The predicted molar refractivity (Wildman–Crippen MR) is 110 cm³/mol. The van der Waals surface area contributed by atoms with Gasteiger partial charge in [-0.05, 0) is 55.5 Å². The highest BCUT2D eigenvalue weighted by Gasteiger charge is 2.38. The average Bonchev–Trinajstić information content (AvgIpc) is 3.12. The third-order valence-corrected chi connectivity index (χ3v) is 6.80. The van der Waals surface area contributed by atoms with Gasteiger partial charge >= 0.3 is 0 Å². The van der Waals surface area contributed by atoms with Gasteiger partial charge in [0.1, 0.15) is 5.03 Å². The molecule has 27 heavy (non-hydrogen) atoms. The van der Waals surface area contributed by atoms with E-state index >= 15 is 0 Å². The number of nitrogens with one attached hydrogen (secondary N) is 1. The van der Waals surface area contributed by atoms with Gasteiger partial charge in [-0.25, -0.2) is 0 Å². The van der Waals surface area contributed by atoms with Gasteiger partial charge in [-0.2, -0.15) is 0 Å². The third kappa shape index (κ3) is 4.57. The topological polar surface area (TPSA) is 58.1 Å². The van der Waals surface area contributed by atoms with Crippen molar-refractivity contribution in [1.82, 2.24) is 20.4 Å². The molecule has 5 nitrogen and oxygen atoms in total. The molecule has 1 amide bonds. The lowest BCUT2D eigenvalue weighted by Gasteiger charge is -2.38. The number of piperidine rings is 1. The molecule has 1 N–H and O–H groups in total. The second-order valence-corrected chi connectivity index (χ2v) is 8.48. The molecule has 8 heteroatoms. The van der Waals surface area contributed by atoms with Gasteiger partial charge in [0.05, 0.1) is 5.02 Å². The fraction of sp³-hybridized carbons (Fsp3) is 0.421. The molecule has 2 aromatic rings. The summed E-state index contributed by atoms with van der Waals surface area (Å²) < 4.78 is 0. The summed E-state index contributed by atoms with van der Waals surface area (Å²) in [6.45, 7) is 3.80. The van der Waals surface area contributed by atoms with Gasteiger partial charge in [-0.1, -0.05) is 35.5 Å². The number of amides is 1. The Bertz CT molecular complexity index is 787. The quantitative estimate of drug-likeness (QED) is 0.808. The number of hydrogen-bond acceptors (Lipinski definition) is 5. The van der Waals surface area contributed by atoms with Gasteiger partial charge in [0.25, 0.3) is 5.91 Å². The monoisotopic (exact) mass is 424 g/mol. The largest absolute Gasteiger partial charge is 0.337 e. The molecule has 144 valence electrons. The molecule has 2 aliphatic rings. The molecule has 3 heterocycles. The molecule has 0 bridgehead atoms. The Morgan fingerprint density at radius 2 is 1.89 bits per heavy atom. The van der Waals surface area contributed by atoms with E-state index in [4.69, 9.17) is 11.6 Å². The maximum Gasteiger partial charge on any atom is 0.274 e. The Labute approximate surface area is 174 Å². The van der Waals surface area contributed by atoms with Crippen LogP contribution in [0.2, 0.25) is 5.02 Å². The van der Waals surface area contributed by atoms with Gasteiger partial charge in [0.2, 0.25) is 0 Å². The molecule has 1 aromatic carbocycles. The number of benzene rings is 1. The molecular formula is C19H22Cl2N4OS. The number of likely N-dealkylation sites (tertiary alicyclic amines) is 1. The number of halogens is 2. The normalized spacial score (nSPS) is 18.3. The van der Waals surface area contributed by atoms with Gasteiger partial charge < -0.3 is 10.2 Å². The van der Waals surface area contributed by atoms with Crippen molar-refractivity contribution in [3.05, 3.63) is 47.1 Å². The SMILES string of the molecule is Cl.O=C(c1ccc(Sc2ccccc2Cl)nn1)N1CCC2(CCNC2)CC1. The van der Waals surface area contributed by atoms with Crippen LogP contribution >= 0.6 is 35.8 Å². The average molecular weight is 425 g/mol. The highest BCUT2D eigenvalue weighted by Crippen LogP contribution is 2.37. The summed E-state index contributed by atoms with van der Waals surface area (Å²) in [6.07, 6.45) is 3.36. The van der Waals surface area contributed by atoms with E-state index in [1.165, 1.54) is 18.2 Å². The highest BCUT2D eigenvalue weighted by molar-refractivity contribution is 7.99. The van der Waals surface area contributed by atoms with Crippen molar-refractivity contribution in [2.24, 2.45) is 5.41 Å². The number of nitrogens with zero attached hydrogens (tertiary/aromatic N) is 3. The minimum absolute atomic E-state index is 0. The lowest BCUT2D eigenvalue weighted by atomic mass is 9.78. The summed E-state index contributed by atoms with van der Waals surface area (Å²) in [5.41, 5.74) is 0.812. The predicted octanol–water partition coefficient (Wildman–Crippen LogP) is 3.92. The fourth-order valence-corrected chi connectivity index (χ4v) is 4.70. The van der Waals surface area contributed by atoms with E-state index in [0.29, 0.717) is 16.1 Å². The number of hydrogen-bond donors (Lipinski definition) is 1. The Kier molecular flexibility index (Phi) is 6.63. The fourth-order valence-electron chi connectivity index (χ4n) is 3.70. The van der Waals surface area contributed by atoms with Crippen molar-refractivity contribution < 1.29 is 4.79 Å². The van der Waals surface area contributed by atoms with Crippen LogP contribution in [0.4, 0.5) is 0 Å². The summed E-state index contributed by atoms with van der Waals surface area (Å²) in [5, 5.41) is 13.2. The summed E-state index contributed by atoms with van der Waals surface area (Å²) >= 11 is 7.62. The van der Waals surface area contributed by atoms with Crippen molar-refractivity contribution in [2.75, 3.05) is 26.2 Å². The smallest absolute Gasteiger partial charge is 0.274 e. The summed E-state index contributed by atoms with van der Waals surface area (Å²) in [5.74, 6) is -0.0207. The molecule has 2 saturated heterocycles. The zero-order chi connectivity index (χ0) is 18.0. The van der Waals surface area contributed by atoms with E-state index < -0.39 is 0 Å². The molecule has 1 aromatic heterocycles. The number of carbonyl (C=O) groups excluding carboxylic acids is 1. The van der Waals surface area contributed by atoms with Gasteiger partial charge in [0, 0.05) is 24.5 Å². The zero-order valence-corrected chi connectivity index (χ0v) is 17.2. The first kappa shape index (κ1) is 20.4. The Hall–Kier alpha value is -1.34. The van der Waals surface area contributed by atoms with Crippen LogP contribution in [-0.4, -0.2) is 47.2 Å². The van der Waals surface area contributed by atoms with Crippen LogP contribution in [0.5, 0.6) is 0 Å². The Balaban J connectivity index is 0.00000210. The van der Waals surface area contributed by atoms with Crippen LogP contribution in [0.3, 0.4) is 0 Å². The summed E-state index contributed by atoms with van der Waals surface area (Å²) in [4.78, 5) is 15.5. The van der Waals surface area contributed by atoms with E-state index in [1.54, 1.807) is 6.07 Å². The number of carbonyl (C=O) groups is 1. The van der Waals surface area contributed by atoms with Crippen molar-refractivity contribution >= 4 is 41.7 Å². The molecule has 1 spiro atoms. The first-order valence-corrected chi connectivity index (χ1v) is 10.1. The van der Waals surface area contributed by atoms with Crippen molar-refractivity contribution in [1.29, 1.82) is 0 Å². The lowest BCUT2D eigenvalue weighted by molar-refractivity contribution is 0.0600. The molecule has 4 rings (SSSR count). The van der Waals surface area contributed by atoms with Crippen LogP contribution in [0, 0.1) is 5.41 Å².